The number of piperazine rings is 1. The summed E-state index contributed by atoms with van der Waals surface area (Å²) in [5.74, 6) is 4.59. The number of hydrogen-bond acceptors (Lipinski definition) is 22. The fourth-order valence-electron chi connectivity index (χ4n) is 16.3. The van der Waals surface area contributed by atoms with Crippen molar-refractivity contribution in [3.8, 4) is 40.2 Å². The molecule has 0 saturated carbocycles. The van der Waals surface area contributed by atoms with Crippen molar-refractivity contribution in [1.82, 2.24) is 14.7 Å². The number of sulfonamides is 2. The van der Waals surface area contributed by atoms with Crippen LogP contribution >= 0.6 is 11.6 Å². The molecule has 3 N–H and O–H groups in total. The Morgan fingerprint density at radius 2 is 0.964 bits per heavy atom. The van der Waals surface area contributed by atoms with E-state index in [0.717, 1.165) is 61.3 Å². The molecule has 2 bridgehead atoms. The van der Waals surface area contributed by atoms with Gasteiger partial charge in [-0.15, -0.1) is 0 Å². The van der Waals surface area contributed by atoms with E-state index in [0.29, 0.717) is 96.0 Å². The van der Waals surface area contributed by atoms with Crippen molar-refractivity contribution in [2.45, 2.75) is 82.9 Å². The Hall–Kier alpha value is -14.2. The number of nitro benzene ring substituents is 3. The molecule has 13 aromatic carbocycles. The number of halogens is 1. The topological polar surface area (TPSA) is 308 Å². The second-order valence-corrected chi connectivity index (χ2v) is 38.8. The van der Waals surface area contributed by atoms with E-state index in [2.05, 4.69) is 190 Å². The SMILES string of the molecule is C.CN(C)c1ccc(C(=C2CN3CCC2CC3)c2ccc(N(C)C)cc2)cc1.Cc1cc(OCC(C)CN(Cc2ccccc2)C(C)(C)O)ccc1[N+](=O)[O-].Cc1ccc(NS(=O)(=O)c2ccc(Oc3ccc([N+](=O)[O-])cc3)cc2)cc1.Clc1ccc(N2CCN(CC(c3ccccc3)c3ccccc3)CC2)cc1.O=[N+]([O-])c1ccc(Oc2ccc(S(=O)(=O)Nc3ccc4c(c3)OCCO4)cc2)cc1. The zero-order chi connectivity index (χ0) is 98.0. The third kappa shape index (κ3) is 29.9. The molecular weight excluding hydrogens is 1820 g/mol. The van der Waals surface area contributed by atoms with Gasteiger partial charge < -0.3 is 43.5 Å². The molecule has 726 valence electrons. The Balaban J connectivity index is 0.000000155. The average molecular weight is 1940 g/mol. The molecule has 13 aromatic rings. The molecule has 1 unspecified atom stereocenters. The van der Waals surface area contributed by atoms with Crippen molar-refractivity contribution >= 4 is 82.7 Å². The first-order valence-electron chi connectivity index (χ1n) is 45.5. The van der Waals surface area contributed by atoms with Crippen molar-refractivity contribution in [1.29, 1.82) is 0 Å². The maximum Gasteiger partial charge on any atom is 0.272 e. The van der Waals surface area contributed by atoms with Crippen LogP contribution in [0, 0.1) is 56.0 Å². The first-order chi connectivity index (χ1) is 66.2. The van der Waals surface area contributed by atoms with Gasteiger partial charge in [-0.2, -0.15) is 0 Å². The zero-order valence-corrected chi connectivity index (χ0v) is 81.1. The lowest BCUT2D eigenvalue weighted by atomic mass is 9.78. The van der Waals surface area contributed by atoms with Gasteiger partial charge in [-0.3, -0.25) is 54.5 Å². The maximum absolute atomic E-state index is 12.7. The number of non-ortho nitro benzene ring substituents is 2. The third-order valence-electron chi connectivity index (χ3n) is 23.9. The van der Waals surface area contributed by atoms with Crippen molar-refractivity contribution in [3.63, 3.8) is 0 Å². The molecule has 4 saturated heterocycles. The molecule has 0 spiro atoms. The van der Waals surface area contributed by atoms with Gasteiger partial charge in [0.15, 0.2) is 11.5 Å². The van der Waals surface area contributed by atoms with Crippen LogP contribution in [0.4, 0.5) is 45.5 Å². The van der Waals surface area contributed by atoms with Gasteiger partial charge in [-0.1, -0.05) is 159 Å². The predicted molar refractivity (Wildman–Crippen MR) is 553 cm³/mol. The van der Waals surface area contributed by atoms with Crippen LogP contribution in [0.3, 0.4) is 0 Å². The largest absolute Gasteiger partial charge is 0.493 e. The molecule has 0 radical (unpaired) electrons. The fourth-order valence-corrected chi connectivity index (χ4v) is 18.5. The average Bonchev–Trinajstić information content (AvgIpc) is 0.757. The van der Waals surface area contributed by atoms with E-state index in [1.165, 1.54) is 174 Å². The predicted octanol–water partition coefficient (Wildman–Crippen LogP) is 22.9. The summed E-state index contributed by atoms with van der Waals surface area (Å²) in [5, 5.41) is 43.6. The summed E-state index contributed by atoms with van der Waals surface area (Å²) in [7, 11) is 0.863. The molecule has 5 aliphatic rings. The second kappa shape index (κ2) is 48.7. The molecule has 1 atom stereocenters. The number of ether oxygens (including phenoxy) is 5. The summed E-state index contributed by atoms with van der Waals surface area (Å²) in [6, 6.07) is 97.7. The highest BCUT2D eigenvalue weighted by Crippen LogP contribution is 2.42. The molecule has 139 heavy (non-hydrogen) atoms. The molecule has 4 fully saturated rings. The van der Waals surface area contributed by atoms with Crippen molar-refractivity contribution in [2.24, 2.45) is 11.8 Å². The Labute approximate surface area is 820 Å². The summed E-state index contributed by atoms with van der Waals surface area (Å²) in [4.78, 5) is 45.0. The van der Waals surface area contributed by atoms with Crippen LogP contribution < -0.4 is 47.8 Å². The number of fused-ring (bicyclic) bond motifs is 4. The number of aliphatic hydroxyl groups is 1. The summed E-state index contributed by atoms with van der Waals surface area (Å²) in [6.45, 7) is 20.8. The molecule has 27 nitrogen and oxygen atoms in total. The van der Waals surface area contributed by atoms with Gasteiger partial charge >= 0.3 is 0 Å². The highest BCUT2D eigenvalue weighted by Gasteiger charge is 2.33. The molecule has 5 aliphatic heterocycles. The van der Waals surface area contributed by atoms with Gasteiger partial charge in [0.25, 0.3) is 37.1 Å². The van der Waals surface area contributed by atoms with E-state index < -0.39 is 40.5 Å². The minimum absolute atomic E-state index is 0. The molecule has 18 rings (SSSR count). The van der Waals surface area contributed by atoms with Gasteiger partial charge in [-0.05, 0) is 256 Å². The molecule has 0 amide bonds. The van der Waals surface area contributed by atoms with E-state index in [4.69, 9.17) is 35.3 Å². The Morgan fingerprint density at radius 1 is 0.518 bits per heavy atom. The standard InChI is InChI=1S/C24H25ClN2.C24H31N3.C21H28N2O4.C20H16N2O7S.C19H16N2O5S.CH4/c25-22-11-13-23(14-12-22)27-17-15-26(16-18-27)19-24(20-7-3-1-4-8-20)21-9-5-2-6-10-21;1-25(2)21-9-5-19(6-10-21)24(20-7-11-22(12-8-20)26(3)4)23-17-27-15-13-18(23)14-16-27;1-16(15-27-19-10-11-20(23(25)26)17(2)12-19)13-22(21(3,4)24)14-18-8-6-5-7-9-18;23-22(24)15-2-4-16(5-3-15)29-17-6-8-18(9-7-17)30(25,26)21-14-1-10-19-20(13-14)28-12-11-27-19;1-14-2-4-15(5-3-14)20-27(24,25)19-12-10-18(11-13-19)26-17-8-6-16(7-9-17)21(22)23;/h1-14,24H,15-19H2;5-12,18H,13-17H2,1-4H3;5-12,16,24H,13-15H2,1-4H3;1-10,13,21H,11-12H2;2-13,20H,1H3;1H4. The highest BCUT2D eigenvalue weighted by molar-refractivity contribution is 7.93. The summed E-state index contributed by atoms with van der Waals surface area (Å²) in [5.41, 5.74) is 15.0. The van der Waals surface area contributed by atoms with Crippen LogP contribution in [0.15, 0.2) is 337 Å². The summed E-state index contributed by atoms with van der Waals surface area (Å²) >= 11 is 6.02. The van der Waals surface area contributed by atoms with E-state index in [-0.39, 0.29) is 40.2 Å². The second-order valence-electron chi connectivity index (χ2n) is 35.0. The van der Waals surface area contributed by atoms with E-state index >= 15 is 0 Å². The zero-order valence-electron chi connectivity index (χ0n) is 78.7. The Morgan fingerprint density at radius 3 is 1.40 bits per heavy atom. The minimum atomic E-state index is -3.82. The van der Waals surface area contributed by atoms with Gasteiger partial charge in [0.1, 0.15) is 47.7 Å². The molecule has 5 heterocycles. The number of nitrogens with one attached hydrogen (secondary N) is 2. The molecule has 0 aliphatic carbocycles. The van der Waals surface area contributed by atoms with Gasteiger partial charge in [0.05, 0.1) is 36.9 Å². The summed E-state index contributed by atoms with van der Waals surface area (Å²) < 4.78 is 83.1. The lowest BCUT2D eigenvalue weighted by Crippen LogP contribution is -2.47. The Kier molecular flexibility index (Phi) is 36.4. The van der Waals surface area contributed by atoms with Crippen LogP contribution in [-0.4, -0.2) is 164 Å². The van der Waals surface area contributed by atoms with E-state index in [9.17, 15) is 52.3 Å². The van der Waals surface area contributed by atoms with E-state index in [1.807, 2.05) is 66.4 Å². The van der Waals surface area contributed by atoms with Crippen LogP contribution in [0.25, 0.3) is 5.57 Å². The quantitative estimate of drug-likeness (QED) is 0.0214. The normalized spacial score (nSPS) is 14.5. The lowest BCUT2D eigenvalue weighted by Gasteiger charge is -2.42. The summed E-state index contributed by atoms with van der Waals surface area (Å²) in [6.07, 6.45) is 2.62. The Bertz CT molecular complexity index is 6350. The highest BCUT2D eigenvalue weighted by atomic mass is 35.5. The number of piperidine rings is 3. The first kappa shape index (κ1) is 104. The number of aryl methyl sites for hydroxylation is 2. The molecular formula is C109H120ClN11O16S2. The smallest absolute Gasteiger partial charge is 0.272 e. The van der Waals surface area contributed by atoms with E-state index in [1.54, 1.807) is 68.8 Å². The minimum Gasteiger partial charge on any atom is -0.493 e. The molecule has 30 heteroatoms. The monoisotopic (exact) mass is 1940 g/mol. The van der Waals surface area contributed by atoms with Gasteiger partial charge in [0, 0.05) is 162 Å². The van der Waals surface area contributed by atoms with Crippen molar-refractivity contribution < 1.29 is 60.4 Å². The van der Waals surface area contributed by atoms with Crippen LogP contribution in [0.5, 0.6) is 40.2 Å². The fraction of sp³-hybridized carbons (Fsp3) is 0.266. The number of nitro groups is 3. The van der Waals surface area contributed by atoms with Crippen LogP contribution in [0.2, 0.25) is 5.02 Å². The molecule has 0 aromatic heterocycles. The third-order valence-corrected chi connectivity index (χ3v) is 26.9. The van der Waals surface area contributed by atoms with Crippen molar-refractivity contribution in [2.75, 3.05) is 131 Å². The van der Waals surface area contributed by atoms with Gasteiger partial charge in [-0.25, -0.2) is 16.8 Å². The first-order valence-corrected chi connectivity index (χ1v) is 48.9. The number of rotatable bonds is 30. The van der Waals surface area contributed by atoms with Crippen molar-refractivity contribution in [3.05, 3.63) is 401 Å². The number of nitrogens with zero attached hydrogens (tertiary/aromatic N) is 9. The van der Waals surface area contributed by atoms with Crippen LogP contribution in [0.1, 0.15) is 85.9 Å². The number of hydrogen-bond donors (Lipinski definition) is 3. The maximum atomic E-state index is 12.7. The lowest BCUT2D eigenvalue weighted by molar-refractivity contribution is -0.385. The number of benzene rings is 13. The van der Waals surface area contributed by atoms with Gasteiger partial charge in [0.2, 0.25) is 0 Å². The number of anilines is 5. The van der Waals surface area contributed by atoms with Crippen LogP contribution in [-0.2, 0) is 26.6 Å².